The van der Waals surface area contributed by atoms with Crippen LogP contribution in [-0.2, 0) is 10.0 Å². The maximum Gasteiger partial charge on any atom is 0.229 e. The molecule has 0 aliphatic carbocycles. The summed E-state index contributed by atoms with van der Waals surface area (Å²) in [6.07, 6.45) is 11.9. The lowest BCUT2D eigenvalue weighted by molar-refractivity contribution is -0.525. The largest absolute Gasteiger partial charge is 0.388 e. The topological polar surface area (TPSA) is 69.4 Å². The van der Waals surface area contributed by atoms with Gasteiger partial charge in [-0.1, -0.05) is 45.2 Å². The maximum atomic E-state index is 11.2. The lowest BCUT2D eigenvalue weighted by Gasteiger charge is -2.12. The lowest BCUT2D eigenvalue weighted by atomic mass is 10.0. The predicted molar refractivity (Wildman–Crippen MR) is 114 cm³/mol. The van der Waals surface area contributed by atoms with Crippen LogP contribution in [0.2, 0.25) is 0 Å². The molecule has 1 rings (SSSR count). The summed E-state index contributed by atoms with van der Waals surface area (Å²) in [5.74, 6) is 0. The number of nitrogens with zero attached hydrogens (tertiary/aromatic N) is 1. The first-order valence-corrected chi connectivity index (χ1v) is 12.1. The second kappa shape index (κ2) is 12.9. The van der Waals surface area contributed by atoms with E-state index in [9.17, 15) is 13.5 Å². The second-order valence-electron chi connectivity index (χ2n) is 7.22. The van der Waals surface area contributed by atoms with Crippen LogP contribution in [0.25, 0.3) is 0 Å². The molecule has 27 heavy (non-hydrogen) atoms. The van der Waals surface area contributed by atoms with Gasteiger partial charge >= 0.3 is 0 Å². The van der Waals surface area contributed by atoms with E-state index >= 15 is 0 Å². The Morgan fingerprint density at radius 3 is 2.26 bits per heavy atom. The molecule has 0 bridgehead atoms. The van der Waals surface area contributed by atoms with E-state index in [0.29, 0.717) is 12.1 Å². The zero-order valence-electron chi connectivity index (χ0n) is 17.2. The van der Waals surface area contributed by atoms with Crippen LogP contribution in [0, 0.1) is 0 Å². The number of hydrogen-bond donors (Lipinski definition) is 2. The van der Waals surface area contributed by atoms with Crippen molar-refractivity contribution in [2.75, 3.05) is 24.1 Å². The number of sulfonamides is 1. The smallest absolute Gasteiger partial charge is 0.229 e. The molecule has 0 saturated heterocycles. The van der Waals surface area contributed by atoms with Crippen molar-refractivity contribution in [1.29, 1.82) is 0 Å². The Bertz CT molecular complexity index is 655. The van der Waals surface area contributed by atoms with E-state index in [-0.39, 0.29) is 0 Å². The van der Waals surface area contributed by atoms with Gasteiger partial charge in [-0.2, -0.15) is 0 Å². The summed E-state index contributed by atoms with van der Waals surface area (Å²) < 4.78 is 27.3. The Morgan fingerprint density at radius 1 is 1.04 bits per heavy atom. The van der Waals surface area contributed by atoms with Gasteiger partial charge in [-0.15, -0.1) is 0 Å². The zero-order chi connectivity index (χ0) is 20.1. The van der Waals surface area contributed by atoms with Crippen LogP contribution in [0.3, 0.4) is 0 Å². The molecule has 0 aliphatic heterocycles. The summed E-state index contributed by atoms with van der Waals surface area (Å²) in [4.78, 5) is 0. The summed E-state index contributed by atoms with van der Waals surface area (Å²) in [5, 5.41) is 10.4. The van der Waals surface area contributed by atoms with Crippen molar-refractivity contribution in [3.05, 3.63) is 29.8 Å². The highest BCUT2D eigenvalue weighted by atomic mass is 32.2. The fourth-order valence-corrected chi connectivity index (χ4v) is 3.53. The monoisotopic (exact) mass is 397 g/mol. The van der Waals surface area contributed by atoms with Crippen LogP contribution >= 0.6 is 0 Å². The molecule has 5 nitrogen and oxygen atoms in total. The van der Waals surface area contributed by atoms with E-state index in [0.717, 1.165) is 37.8 Å². The SMILES string of the molecule is CCCCCC=[N+](CCCC)CCCC(O)c1ccc(NS(C)(=O)=O)cc1. The highest BCUT2D eigenvalue weighted by Crippen LogP contribution is 2.20. The van der Waals surface area contributed by atoms with Gasteiger partial charge in [0.25, 0.3) is 0 Å². The maximum absolute atomic E-state index is 11.2. The molecule has 0 spiro atoms. The summed E-state index contributed by atoms with van der Waals surface area (Å²) in [7, 11) is -3.27. The fraction of sp³-hybridized carbons (Fsp3) is 0.667. The zero-order valence-corrected chi connectivity index (χ0v) is 18.0. The highest BCUT2D eigenvalue weighted by molar-refractivity contribution is 7.92. The van der Waals surface area contributed by atoms with E-state index in [2.05, 4.69) is 29.4 Å². The third-order valence-corrected chi connectivity index (χ3v) is 5.12. The fourth-order valence-electron chi connectivity index (χ4n) is 2.97. The van der Waals surface area contributed by atoms with Gasteiger partial charge in [-0.05, 0) is 30.5 Å². The average Bonchev–Trinajstić information content (AvgIpc) is 2.61. The summed E-state index contributed by atoms with van der Waals surface area (Å²) in [6.45, 7) is 6.49. The van der Waals surface area contributed by atoms with E-state index in [1.54, 1.807) is 24.3 Å². The van der Waals surface area contributed by atoms with Crippen LogP contribution in [0.15, 0.2) is 24.3 Å². The Kier molecular flexibility index (Phi) is 11.3. The predicted octanol–water partition coefficient (Wildman–Crippen LogP) is 4.34. The minimum absolute atomic E-state index is 0.515. The van der Waals surface area contributed by atoms with E-state index in [1.807, 2.05) is 0 Å². The van der Waals surface area contributed by atoms with Crippen molar-refractivity contribution in [2.24, 2.45) is 0 Å². The van der Waals surface area contributed by atoms with Gasteiger partial charge < -0.3 is 5.11 Å². The lowest BCUT2D eigenvalue weighted by Crippen LogP contribution is -2.17. The average molecular weight is 398 g/mol. The number of benzene rings is 1. The highest BCUT2D eigenvalue weighted by Gasteiger charge is 2.11. The first kappa shape index (κ1) is 23.6. The van der Waals surface area contributed by atoms with Crippen molar-refractivity contribution in [3.8, 4) is 0 Å². The van der Waals surface area contributed by atoms with Gasteiger partial charge in [-0.25, -0.2) is 13.0 Å². The van der Waals surface area contributed by atoms with Gasteiger partial charge in [0, 0.05) is 24.9 Å². The van der Waals surface area contributed by atoms with Crippen molar-refractivity contribution in [2.45, 2.75) is 71.3 Å². The van der Waals surface area contributed by atoms with Crippen molar-refractivity contribution >= 4 is 21.9 Å². The molecule has 2 N–H and O–H groups in total. The van der Waals surface area contributed by atoms with Crippen LogP contribution in [0.1, 0.15) is 76.9 Å². The van der Waals surface area contributed by atoms with Crippen molar-refractivity contribution in [1.82, 2.24) is 0 Å². The molecule has 1 aromatic rings. The third kappa shape index (κ3) is 11.1. The molecule has 0 aliphatic rings. The van der Waals surface area contributed by atoms with E-state index < -0.39 is 16.1 Å². The number of aliphatic hydroxyl groups excluding tert-OH is 1. The molecule has 1 unspecified atom stereocenters. The molecule has 0 saturated carbocycles. The van der Waals surface area contributed by atoms with Crippen LogP contribution in [0.5, 0.6) is 0 Å². The molecule has 154 valence electrons. The Morgan fingerprint density at radius 2 is 1.67 bits per heavy atom. The summed E-state index contributed by atoms with van der Waals surface area (Å²) in [5.41, 5.74) is 1.34. The normalized spacial score (nSPS) is 13.6. The van der Waals surface area contributed by atoms with Crippen molar-refractivity contribution < 1.29 is 18.1 Å². The van der Waals surface area contributed by atoms with Gasteiger partial charge in [0.15, 0.2) is 0 Å². The molecular formula is C21H37N2O3S+. The standard InChI is InChI=1S/C21H37N2O3S/c1-4-6-8-9-17-23(16-7-5-2)18-10-11-21(24)19-12-14-20(15-13-19)22-27(3,25)26/h12-15,17,21-22,24H,4-11,16,18H2,1-3H3/q+1. The molecule has 0 heterocycles. The molecule has 0 fully saturated rings. The number of nitrogens with one attached hydrogen (secondary N) is 1. The van der Waals surface area contributed by atoms with Crippen LogP contribution in [0.4, 0.5) is 5.69 Å². The minimum atomic E-state index is -3.27. The molecule has 1 atom stereocenters. The molecule has 1 aromatic carbocycles. The Labute approximate surface area is 165 Å². The molecule has 0 radical (unpaired) electrons. The van der Waals surface area contributed by atoms with Gasteiger partial charge in [0.05, 0.1) is 12.4 Å². The Hall–Kier alpha value is -1.40. The molecular weight excluding hydrogens is 360 g/mol. The van der Waals surface area contributed by atoms with E-state index in [4.69, 9.17) is 0 Å². The van der Waals surface area contributed by atoms with Crippen LogP contribution in [-0.4, -0.2) is 43.7 Å². The summed E-state index contributed by atoms with van der Waals surface area (Å²) in [6, 6.07) is 6.94. The summed E-state index contributed by atoms with van der Waals surface area (Å²) >= 11 is 0. The number of rotatable bonds is 14. The minimum Gasteiger partial charge on any atom is -0.388 e. The van der Waals surface area contributed by atoms with Gasteiger partial charge in [0.2, 0.25) is 10.0 Å². The molecule has 0 aromatic heterocycles. The quantitative estimate of drug-likeness (QED) is 0.279. The Balaban J connectivity index is 2.49. The number of unbranched alkanes of at least 4 members (excludes halogenated alkanes) is 4. The first-order chi connectivity index (χ1) is 12.9. The number of aliphatic hydroxyl groups is 1. The number of anilines is 1. The van der Waals surface area contributed by atoms with E-state index in [1.165, 1.54) is 32.1 Å². The van der Waals surface area contributed by atoms with Crippen molar-refractivity contribution in [3.63, 3.8) is 0 Å². The van der Waals surface area contributed by atoms with Gasteiger partial charge in [0.1, 0.15) is 19.3 Å². The number of hydrogen-bond acceptors (Lipinski definition) is 3. The van der Waals surface area contributed by atoms with Gasteiger partial charge in [-0.3, -0.25) is 4.72 Å². The second-order valence-corrected chi connectivity index (χ2v) is 8.97. The molecule has 6 heteroatoms. The first-order valence-electron chi connectivity index (χ1n) is 10.2. The third-order valence-electron chi connectivity index (χ3n) is 4.52. The van der Waals surface area contributed by atoms with Crippen LogP contribution < -0.4 is 4.72 Å². The molecule has 0 amide bonds.